The van der Waals surface area contributed by atoms with Gasteiger partial charge in [0.05, 0.1) is 11.5 Å². The molecule has 0 unspecified atom stereocenters. The molecule has 0 radical (unpaired) electrons. The normalized spacial score (nSPS) is 16.3. The van der Waals surface area contributed by atoms with Gasteiger partial charge in [0.15, 0.2) is 0 Å². The SMILES string of the molecule is COCC(=O)N1CCC(CCOS(=O)(=O)c2ccc(C)cc2)CC1. The molecule has 2 rings (SSSR count). The van der Waals surface area contributed by atoms with Crippen molar-refractivity contribution in [2.24, 2.45) is 5.92 Å². The predicted octanol–water partition coefficient (Wildman–Crippen LogP) is 1.98. The summed E-state index contributed by atoms with van der Waals surface area (Å²) >= 11 is 0. The molecule has 1 aromatic carbocycles. The van der Waals surface area contributed by atoms with Crippen molar-refractivity contribution < 1.29 is 22.1 Å². The Morgan fingerprint density at radius 3 is 2.42 bits per heavy atom. The second-order valence-electron chi connectivity index (χ2n) is 6.14. The average molecular weight is 355 g/mol. The number of hydrogen-bond acceptors (Lipinski definition) is 5. The Bertz CT molecular complexity index is 633. The summed E-state index contributed by atoms with van der Waals surface area (Å²) in [5, 5.41) is 0. The van der Waals surface area contributed by atoms with Gasteiger partial charge < -0.3 is 9.64 Å². The number of ether oxygens (including phenoxy) is 1. The number of carbonyl (C=O) groups is 1. The summed E-state index contributed by atoms with van der Waals surface area (Å²) in [6, 6.07) is 6.63. The number of rotatable bonds is 7. The van der Waals surface area contributed by atoms with Crippen molar-refractivity contribution >= 4 is 16.0 Å². The monoisotopic (exact) mass is 355 g/mol. The third kappa shape index (κ3) is 5.29. The third-order valence-corrected chi connectivity index (χ3v) is 5.64. The van der Waals surface area contributed by atoms with Gasteiger partial charge in [-0.2, -0.15) is 8.42 Å². The van der Waals surface area contributed by atoms with Crippen LogP contribution in [0.25, 0.3) is 0 Å². The second kappa shape index (κ2) is 8.60. The Morgan fingerprint density at radius 1 is 1.21 bits per heavy atom. The highest BCUT2D eigenvalue weighted by Gasteiger charge is 2.23. The van der Waals surface area contributed by atoms with Gasteiger partial charge in [0, 0.05) is 20.2 Å². The Balaban J connectivity index is 1.75. The molecular formula is C17H25NO5S. The van der Waals surface area contributed by atoms with Crippen molar-refractivity contribution in [1.82, 2.24) is 4.90 Å². The van der Waals surface area contributed by atoms with E-state index in [0.29, 0.717) is 25.4 Å². The molecule has 1 aliphatic rings. The number of amides is 1. The van der Waals surface area contributed by atoms with E-state index in [9.17, 15) is 13.2 Å². The van der Waals surface area contributed by atoms with E-state index in [4.69, 9.17) is 8.92 Å². The number of methoxy groups -OCH3 is 1. The van der Waals surface area contributed by atoms with Crippen molar-refractivity contribution in [3.05, 3.63) is 29.8 Å². The number of carbonyl (C=O) groups excluding carboxylic acids is 1. The minimum absolute atomic E-state index is 0.00847. The predicted molar refractivity (Wildman–Crippen MR) is 90.1 cm³/mol. The van der Waals surface area contributed by atoms with Crippen LogP contribution >= 0.6 is 0 Å². The fourth-order valence-corrected chi connectivity index (χ4v) is 3.70. The van der Waals surface area contributed by atoms with Crippen LogP contribution in [0.5, 0.6) is 0 Å². The van der Waals surface area contributed by atoms with Crippen LogP contribution in [0.2, 0.25) is 0 Å². The average Bonchev–Trinajstić information content (AvgIpc) is 2.56. The fourth-order valence-electron chi connectivity index (χ4n) is 2.78. The van der Waals surface area contributed by atoms with E-state index in [1.807, 2.05) is 6.92 Å². The largest absolute Gasteiger partial charge is 0.375 e. The zero-order valence-corrected chi connectivity index (χ0v) is 15.0. The first kappa shape index (κ1) is 18.9. The van der Waals surface area contributed by atoms with E-state index >= 15 is 0 Å². The summed E-state index contributed by atoms with van der Waals surface area (Å²) in [6.45, 7) is 3.58. The summed E-state index contributed by atoms with van der Waals surface area (Å²) in [5.41, 5.74) is 1.00. The van der Waals surface area contributed by atoms with Crippen LogP contribution in [0.15, 0.2) is 29.2 Å². The van der Waals surface area contributed by atoms with Crippen LogP contribution in [0.3, 0.4) is 0 Å². The maximum Gasteiger partial charge on any atom is 0.296 e. The van der Waals surface area contributed by atoms with Gasteiger partial charge in [-0.15, -0.1) is 0 Å². The molecule has 1 amide bonds. The smallest absolute Gasteiger partial charge is 0.296 e. The molecule has 0 N–H and O–H groups in total. The zero-order valence-electron chi connectivity index (χ0n) is 14.2. The van der Waals surface area contributed by atoms with Crippen molar-refractivity contribution in [2.45, 2.75) is 31.1 Å². The Labute approximate surface area is 143 Å². The van der Waals surface area contributed by atoms with Gasteiger partial charge in [-0.3, -0.25) is 8.98 Å². The molecule has 0 aromatic heterocycles. The van der Waals surface area contributed by atoms with E-state index in [-0.39, 0.29) is 24.0 Å². The van der Waals surface area contributed by atoms with Crippen molar-refractivity contribution in [3.63, 3.8) is 0 Å². The van der Waals surface area contributed by atoms with Crippen molar-refractivity contribution in [1.29, 1.82) is 0 Å². The fraction of sp³-hybridized carbons (Fsp3) is 0.588. The molecule has 1 heterocycles. The summed E-state index contributed by atoms with van der Waals surface area (Å²) in [5.74, 6) is 0.388. The molecule has 0 bridgehead atoms. The number of likely N-dealkylation sites (tertiary alicyclic amines) is 1. The Hall–Kier alpha value is -1.44. The van der Waals surface area contributed by atoms with E-state index in [1.165, 1.54) is 7.11 Å². The number of piperidine rings is 1. The van der Waals surface area contributed by atoms with Crippen LogP contribution in [0.1, 0.15) is 24.8 Å². The van der Waals surface area contributed by atoms with E-state index in [2.05, 4.69) is 0 Å². The van der Waals surface area contributed by atoms with Gasteiger partial charge >= 0.3 is 0 Å². The highest BCUT2D eigenvalue weighted by Crippen LogP contribution is 2.22. The topological polar surface area (TPSA) is 72.9 Å². The van der Waals surface area contributed by atoms with E-state index < -0.39 is 10.1 Å². The molecule has 6 nitrogen and oxygen atoms in total. The molecule has 0 atom stereocenters. The second-order valence-corrected chi connectivity index (χ2v) is 7.75. The van der Waals surface area contributed by atoms with Crippen LogP contribution < -0.4 is 0 Å². The number of hydrogen-bond donors (Lipinski definition) is 0. The van der Waals surface area contributed by atoms with Gasteiger partial charge in [0.1, 0.15) is 6.61 Å². The Kier molecular flexibility index (Phi) is 6.77. The van der Waals surface area contributed by atoms with E-state index in [1.54, 1.807) is 29.2 Å². The first-order valence-electron chi connectivity index (χ1n) is 8.15. The van der Waals surface area contributed by atoms with Crippen LogP contribution in [0, 0.1) is 12.8 Å². The Morgan fingerprint density at radius 2 is 1.83 bits per heavy atom. The van der Waals surface area contributed by atoms with E-state index in [0.717, 1.165) is 18.4 Å². The summed E-state index contributed by atoms with van der Waals surface area (Å²) in [7, 11) is -2.18. The molecule has 1 aliphatic heterocycles. The summed E-state index contributed by atoms with van der Waals surface area (Å²) < 4.78 is 34.2. The maximum atomic E-state index is 12.1. The molecule has 134 valence electrons. The standard InChI is InChI=1S/C17H25NO5S/c1-14-3-5-16(6-4-14)24(20,21)23-12-9-15-7-10-18(11-8-15)17(19)13-22-2/h3-6,15H,7-13H2,1-2H3. The van der Waals surface area contributed by atoms with Crippen LogP contribution in [0.4, 0.5) is 0 Å². The number of aryl methyl sites for hydroxylation is 1. The molecule has 1 fully saturated rings. The lowest BCUT2D eigenvalue weighted by molar-refractivity contribution is -0.136. The van der Waals surface area contributed by atoms with Gasteiger partial charge in [-0.05, 0) is 44.2 Å². The first-order chi connectivity index (χ1) is 11.4. The quantitative estimate of drug-likeness (QED) is 0.699. The van der Waals surface area contributed by atoms with Crippen molar-refractivity contribution in [2.75, 3.05) is 33.4 Å². The summed E-state index contributed by atoms with van der Waals surface area (Å²) in [4.78, 5) is 13.7. The lowest BCUT2D eigenvalue weighted by Crippen LogP contribution is -2.40. The van der Waals surface area contributed by atoms with Gasteiger partial charge in [0.2, 0.25) is 5.91 Å². The van der Waals surface area contributed by atoms with Crippen LogP contribution in [-0.2, 0) is 23.8 Å². The molecule has 24 heavy (non-hydrogen) atoms. The molecule has 1 saturated heterocycles. The number of benzene rings is 1. The van der Waals surface area contributed by atoms with Crippen molar-refractivity contribution in [3.8, 4) is 0 Å². The summed E-state index contributed by atoms with van der Waals surface area (Å²) in [6.07, 6.45) is 2.41. The maximum absolute atomic E-state index is 12.1. The highest BCUT2D eigenvalue weighted by atomic mass is 32.2. The lowest BCUT2D eigenvalue weighted by atomic mass is 9.94. The minimum atomic E-state index is -3.69. The molecule has 0 aliphatic carbocycles. The first-order valence-corrected chi connectivity index (χ1v) is 9.56. The third-order valence-electron chi connectivity index (χ3n) is 4.31. The number of nitrogens with zero attached hydrogens (tertiary/aromatic N) is 1. The minimum Gasteiger partial charge on any atom is -0.375 e. The zero-order chi connectivity index (χ0) is 17.6. The van der Waals surface area contributed by atoms with Gasteiger partial charge in [-0.1, -0.05) is 17.7 Å². The van der Waals surface area contributed by atoms with Crippen LogP contribution in [-0.4, -0.2) is 52.6 Å². The molecule has 7 heteroatoms. The molecule has 0 spiro atoms. The molecule has 0 saturated carbocycles. The lowest BCUT2D eigenvalue weighted by Gasteiger charge is -2.31. The van der Waals surface area contributed by atoms with Gasteiger partial charge in [0.25, 0.3) is 10.1 Å². The molecular weight excluding hydrogens is 330 g/mol. The molecule has 1 aromatic rings. The van der Waals surface area contributed by atoms with Gasteiger partial charge in [-0.25, -0.2) is 0 Å². The highest BCUT2D eigenvalue weighted by molar-refractivity contribution is 7.86.